The van der Waals surface area contributed by atoms with Gasteiger partial charge in [-0.3, -0.25) is 0 Å². The molecule has 0 saturated heterocycles. The first-order valence-corrected chi connectivity index (χ1v) is 4.31. The van der Waals surface area contributed by atoms with E-state index in [2.05, 4.69) is 31.9 Å². The highest BCUT2D eigenvalue weighted by Crippen LogP contribution is 2.33. The molecule has 2 nitrogen and oxygen atoms in total. The van der Waals surface area contributed by atoms with E-state index in [0.29, 0.717) is 8.95 Å². The van der Waals surface area contributed by atoms with E-state index in [1.807, 2.05) is 0 Å². The Morgan fingerprint density at radius 2 is 1.82 bits per heavy atom. The monoisotopic (exact) mass is 282 g/mol. The lowest BCUT2D eigenvalue weighted by Gasteiger charge is -2.04. The van der Waals surface area contributed by atoms with Gasteiger partial charge < -0.3 is 11.5 Å². The Labute approximate surface area is 80.0 Å². The van der Waals surface area contributed by atoms with Crippen LogP contribution in [0, 0.1) is 5.82 Å². The summed E-state index contributed by atoms with van der Waals surface area (Å²) >= 11 is 6.12. The minimum Gasteiger partial charge on any atom is -0.397 e. The van der Waals surface area contributed by atoms with Crippen LogP contribution in [0.25, 0.3) is 0 Å². The predicted molar refractivity (Wildman–Crippen MR) is 50.6 cm³/mol. The average Bonchev–Trinajstić information content (AvgIpc) is 1.97. The van der Waals surface area contributed by atoms with Crippen molar-refractivity contribution in [1.29, 1.82) is 0 Å². The number of anilines is 2. The fourth-order valence-corrected chi connectivity index (χ4v) is 1.38. The van der Waals surface area contributed by atoms with Crippen molar-refractivity contribution < 1.29 is 4.39 Å². The number of benzene rings is 1. The first kappa shape index (κ1) is 8.80. The average molecular weight is 284 g/mol. The zero-order valence-electron chi connectivity index (χ0n) is 5.37. The molecule has 1 aromatic rings. The Balaban J connectivity index is 3.46. The third kappa shape index (κ3) is 1.49. The molecule has 0 bridgehead atoms. The highest BCUT2D eigenvalue weighted by atomic mass is 79.9. The Morgan fingerprint density at radius 3 is 2.36 bits per heavy atom. The predicted octanol–water partition coefficient (Wildman–Crippen LogP) is 2.52. The largest absolute Gasteiger partial charge is 0.397 e. The molecule has 0 aliphatic heterocycles. The van der Waals surface area contributed by atoms with Gasteiger partial charge in [0.25, 0.3) is 0 Å². The van der Waals surface area contributed by atoms with Crippen LogP contribution in [0.15, 0.2) is 15.0 Å². The molecule has 1 aromatic carbocycles. The van der Waals surface area contributed by atoms with Crippen LogP contribution in [0.4, 0.5) is 15.8 Å². The number of nitrogens with two attached hydrogens (primary N) is 2. The van der Waals surface area contributed by atoms with Crippen LogP contribution in [0.5, 0.6) is 0 Å². The van der Waals surface area contributed by atoms with E-state index in [4.69, 9.17) is 11.5 Å². The van der Waals surface area contributed by atoms with Crippen LogP contribution >= 0.6 is 31.9 Å². The lowest BCUT2D eigenvalue weighted by Crippen LogP contribution is -1.98. The SMILES string of the molecule is Nc1cc(Br)c(Br)c(F)c1N. The second-order valence-corrected chi connectivity index (χ2v) is 3.64. The second-order valence-electron chi connectivity index (χ2n) is 1.99. The van der Waals surface area contributed by atoms with Gasteiger partial charge in [-0.1, -0.05) is 0 Å². The fraction of sp³-hybridized carbons (Fsp3) is 0. The summed E-state index contributed by atoms with van der Waals surface area (Å²) in [7, 11) is 0. The summed E-state index contributed by atoms with van der Waals surface area (Å²) in [4.78, 5) is 0. The van der Waals surface area contributed by atoms with E-state index in [-0.39, 0.29) is 11.4 Å². The topological polar surface area (TPSA) is 52.0 Å². The van der Waals surface area contributed by atoms with Crippen molar-refractivity contribution in [2.75, 3.05) is 11.5 Å². The molecule has 0 radical (unpaired) electrons. The van der Waals surface area contributed by atoms with Gasteiger partial charge in [0.05, 0.1) is 15.8 Å². The first-order valence-electron chi connectivity index (χ1n) is 2.72. The van der Waals surface area contributed by atoms with Crippen molar-refractivity contribution in [3.63, 3.8) is 0 Å². The van der Waals surface area contributed by atoms with Gasteiger partial charge in [0, 0.05) is 4.47 Å². The van der Waals surface area contributed by atoms with Crippen LogP contribution < -0.4 is 11.5 Å². The molecular formula is C6H5Br2FN2. The van der Waals surface area contributed by atoms with Crippen molar-refractivity contribution >= 4 is 43.2 Å². The summed E-state index contributed by atoms with van der Waals surface area (Å²) < 4.78 is 13.8. The molecular weight excluding hydrogens is 279 g/mol. The number of hydrogen-bond donors (Lipinski definition) is 2. The maximum atomic E-state index is 13.0. The number of hydrogen-bond acceptors (Lipinski definition) is 2. The molecule has 0 spiro atoms. The van der Waals surface area contributed by atoms with Gasteiger partial charge in [0.2, 0.25) is 0 Å². The molecule has 0 aliphatic rings. The summed E-state index contributed by atoms with van der Waals surface area (Å²) in [6.07, 6.45) is 0. The standard InChI is InChI=1S/C6H5Br2FN2/c7-2-1-3(10)6(11)5(9)4(2)8/h1H,10-11H2. The van der Waals surface area contributed by atoms with Gasteiger partial charge in [-0.2, -0.15) is 0 Å². The summed E-state index contributed by atoms with van der Waals surface area (Å²) in [5.74, 6) is -0.531. The Morgan fingerprint density at radius 1 is 1.27 bits per heavy atom. The zero-order valence-corrected chi connectivity index (χ0v) is 8.54. The molecule has 11 heavy (non-hydrogen) atoms. The molecule has 60 valence electrons. The van der Waals surface area contributed by atoms with Crippen molar-refractivity contribution in [1.82, 2.24) is 0 Å². The van der Waals surface area contributed by atoms with E-state index in [0.717, 1.165) is 0 Å². The molecule has 0 saturated carbocycles. The van der Waals surface area contributed by atoms with E-state index in [9.17, 15) is 4.39 Å². The minimum atomic E-state index is -0.531. The molecule has 0 heterocycles. The van der Waals surface area contributed by atoms with Gasteiger partial charge in [-0.15, -0.1) is 0 Å². The zero-order chi connectivity index (χ0) is 8.59. The molecule has 0 aliphatic carbocycles. The number of nitrogen functional groups attached to an aromatic ring is 2. The quantitative estimate of drug-likeness (QED) is 0.568. The van der Waals surface area contributed by atoms with Gasteiger partial charge in [0.15, 0.2) is 5.82 Å². The molecule has 1 rings (SSSR count). The van der Waals surface area contributed by atoms with E-state index in [1.54, 1.807) is 6.07 Å². The highest BCUT2D eigenvalue weighted by molar-refractivity contribution is 9.13. The minimum absolute atomic E-state index is 0.0277. The van der Waals surface area contributed by atoms with Gasteiger partial charge in [-0.25, -0.2) is 4.39 Å². The number of rotatable bonds is 0. The maximum absolute atomic E-state index is 13.0. The second kappa shape index (κ2) is 2.98. The van der Waals surface area contributed by atoms with Crippen LogP contribution in [0.2, 0.25) is 0 Å². The van der Waals surface area contributed by atoms with Crippen LogP contribution in [-0.2, 0) is 0 Å². The molecule has 4 N–H and O–H groups in total. The van der Waals surface area contributed by atoms with Crippen molar-refractivity contribution in [3.05, 3.63) is 20.8 Å². The molecule has 0 fully saturated rings. The smallest absolute Gasteiger partial charge is 0.163 e. The van der Waals surface area contributed by atoms with E-state index >= 15 is 0 Å². The normalized spacial score (nSPS) is 10.1. The van der Waals surface area contributed by atoms with Crippen LogP contribution in [-0.4, -0.2) is 0 Å². The van der Waals surface area contributed by atoms with Gasteiger partial charge in [0.1, 0.15) is 0 Å². The van der Waals surface area contributed by atoms with Crippen molar-refractivity contribution in [3.8, 4) is 0 Å². The van der Waals surface area contributed by atoms with Crippen LogP contribution in [0.3, 0.4) is 0 Å². The van der Waals surface area contributed by atoms with Crippen LogP contribution in [0.1, 0.15) is 0 Å². The Hall–Kier alpha value is -0.290. The molecule has 5 heteroatoms. The number of halogens is 3. The van der Waals surface area contributed by atoms with E-state index < -0.39 is 5.82 Å². The first-order chi connectivity index (χ1) is 5.04. The summed E-state index contributed by atoms with van der Waals surface area (Å²) in [5.41, 5.74) is 10.9. The summed E-state index contributed by atoms with van der Waals surface area (Å²) in [6.45, 7) is 0. The summed E-state index contributed by atoms with van der Waals surface area (Å²) in [5, 5.41) is 0. The lowest BCUT2D eigenvalue weighted by atomic mass is 10.3. The molecule has 0 unspecified atom stereocenters. The molecule has 0 amide bonds. The molecule has 0 aromatic heterocycles. The highest BCUT2D eigenvalue weighted by Gasteiger charge is 2.10. The fourth-order valence-electron chi connectivity index (χ4n) is 0.627. The third-order valence-corrected chi connectivity index (χ3v) is 3.16. The third-order valence-electron chi connectivity index (χ3n) is 1.23. The van der Waals surface area contributed by atoms with Crippen molar-refractivity contribution in [2.45, 2.75) is 0 Å². The maximum Gasteiger partial charge on any atom is 0.163 e. The van der Waals surface area contributed by atoms with Gasteiger partial charge >= 0.3 is 0 Å². The molecule has 0 atom stereocenters. The van der Waals surface area contributed by atoms with E-state index in [1.165, 1.54) is 0 Å². The Kier molecular flexibility index (Phi) is 2.39. The van der Waals surface area contributed by atoms with Gasteiger partial charge in [-0.05, 0) is 37.9 Å². The Bertz CT molecular complexity index is 275. The lowest BCUT2D eigenvalue weighted by molar-refractivity contribution is 0.625. The van der Waals surface area contributed by atoms with Crippen molar-refractivity contribution in [2.24, 2.45) is 0 Å². The summed E-state index contributed by atoms with van der Waals surface area (Å²) in [6, 6.07) is 1.54.